The summed E-state index contributed by atoms with van der Waals surface area (Å²) in [5.41, 5.74) is 4.94. The molecule has 2 aromatic heterocycles. The lowest BCUT2D eigenvalue weighted by molar-refractivity contribution is -0.126. The first kappa shape index (κ1) is 38.3. The number of likely N-dealkylation sites (tertiary alicyclic amines) is 1. The van der Waals surface area contributed by atoms with Crippen molar-refractivity contribution < 1.29 is 28.2 Å². The number of benzene rings is 2. The molecule has 1 amide bonds. The molecule has 1 saturated heterocycles. The first-order chi connectivity index (χ1) is 24.7. The van der Waals surface area contributed by atoms with Crippen LogP contribution >= 0.6 is 11.3 Å². The number of amides is 1. The summed E-state index contributed by atoms with van der Waals surface area (Å²) in [4.78, 5) is 18.8. The summed E-state index contributed by atoms with van der Waals surface area (Å²) in [6.45, 7) is 13.4. The minimum absolute atomic E-state index is 0.0803. The molecule has 1 aliphatic heterocycles. The van der Waals surface area contributed by atoms with Crippen LogP contribution < -0.4 is 20.4 Å². The van der Waals surface area contributed by atoms with E-state index in [1.165, 1.54) is 23.5 Å². The van der Waals surface area contributed by atoms with Crippen LogP contribution in [0.4, 0.5) is 18.9 Å². The van der Waals surface area contributed by atoms with E-state index in [-0.39, 0.29) is 28.9 Å². The van der Waals surface area contributed by atoms with E-state index in [1.807, 2.05) is 32.9 Å². The van der Waals surface area contributed by atoms with Crippen molar-refractivity contribution in [2.75, 3.05) is 18.4 Å². The standard InChI is InChI=1S/C39H43F3N6O3S/c1-6-36(51)46-32-10-8-25(16-34(32)49)35(50)22-48-28(20-43)17-30-24(5)26(9-11-33(30)48)21-47-14-12-27(13-15-47)45-38(44-7-2)31-18-29(19-39(40,41)42)52-37(31)23(3)4/h6-11,16-18,27,35,45,49-50H,1,12-15,19,21-22H2,2-5H3,(H,46,51)/b38-31+,44-7-. The molecule has 52 heavy (non-hydrogen) atoms. The molecular weight excluding hydrogens is 690 g/mol. The molecule has 1 unspecified atom stereocenters. The highest BCUT2D eigenvalue weighted by Gasteiger charge is 2.29. The van der Waals surface area contributed by atoms with Crippen molar-refractivity contribution >= 4 is 51.4 Å². The summed E-state index contributed by atoms with van der Waals surface area (Å²) < 4.78 is 42.2. The van der Waals surface area contributed by atoms with Crippen LogP contribution in [0.1, 0.15) is 67.0 Å². The van der Waals surface area contributed by atoms with Gasteiger partial charge in [-0.25, -0.2) is 4.99 Å². The first-order valence-electron chi connectivity index (χ1n) is 17.0. The van der Waals surface area contributed by atoms with Crippen LogP contribution in [-0.4, -0.2) is 57.1 Å². The minimum atomic E-state index is -4.28. The molecule has 1 atom stereocenters. The van der Waals surface area contributed by atoms with Crippen LogP contribution in [0.2, 0.25) is 0 Å². The number of phenolic OH excluding ortho intramolecular Hbond substituents is 1. The van der Waals surface area contributed by atoms with Crippen LogP contribution in [0.25, 0.3) is 22.3 Å². The Labute approximate surface area is 304 Å². The predicted octanol–water partition coefficient (Wildman–Crippen LogP) is 6.15. The summed E-state index contributed by atoms with van der Waals surface area (Å²) in [7, 11) is 0. The number of hydrogen-bond donors (Lipinski definition) is 4. The maximum atomic E-state index is 13.2. The van der Waals surface area contributed by atoms with Gasteiger partial charge in [-0.2, -0.15) is 18.4 Å². The van der Waals surface area contributed by atoms with E-state index in [1.54, 1.807) is 29.8 Å². The largest absolute Gasteiger partial charge is 0.506 e. The van der Waals surface area contributed by atoms with Gasteiger partial charge in [0, 0.05) is 57.4 Å². The molecule has 1 fully saturated rings. The van der Waals surface area contributed by atoms with E-state index in [0.29, 0.717) is 28.8 Å². The number of aryl methyl sites for hydroxylation is 1. The first-order valence-corrected chi connectivity index (χ1v) is 17.8. The Morgan fingerprint density at radius 2 is 1.92 bits per heavy atom. The second-order valence-corrected chi connectivity index (χ2v) is 14.3. The number of aliphatic hydroxyl groups is 1. The molecular formula is C39H43F3N6O3S. The predicted molar refractivity (Wildman–Crippen MR) is 200 cm³/mol. The van der Waals surface area contributed by atoms with Crippen molar-refractivity contribution in [3.63, 3.8) is 0 Å². The summed E-state index contributed by atoms with van der Waals surface area (Å²) in [5.74, 6) is -0.0714. The number of carbonyl (C=O) groups excluding carboxylic acids is 1. The number of nitrogens with one attached hydrogen (secondary N) is 2. The number of aliphatic imine (C=N–C) groups is 1. The van der Waals surface area contributed by atoms with Gasteiger partial charge in [-0.1, -0.05) is 24.3 Å². The maximum absolute atomic E-state index is 13.2. The molecule has 0 spiro atoms. The van der Waals surface area contributed by atoms with Gasteiger partial charge in [0.2, 0.25) is 5.91 Å². The zero-order chi connectivity index (χ0) is 37.7. The van der Waals surface area contributed by atoms with Crippen LogP contribution in [0, 0.1) is 18.3 Å². The number of nitriles is 1. The number of phenols is 1. The number of aliphatic hydroxyl groups excluding tert-OH is 1. The molecule has 13 heteroatoms. The summed E-state index contributed by atoms with van der Waals surface area (Å²) in [6, 6.07) is 14.3. The summed E-state index contributed by atoms with van der Waals surface area (Å²) in [5, 5.41) is 39.1. The summed E-state index contributed by atoms with van der Waals surface area (Å²) >= 11 is 1.17. The van der Waals surface area contributed by atoms with E-state index in [4.69, 9.17) is 0 Å². The normalized spacial score (nSPS) is 15.4. The average molecular weight is 733 g/mol. The van der Waals surface area contributed by atoms with Crippen molar-refractivity contribution in [1.29, 1.82) is 5.26 Å². The number of alkyl halides is 3. The maximum Gasteiger partial charge on any atom is 0.393 e. The zero-order valence-corrected chi connectivity index (χ0v) is 30.5. The van der Waals surface area contributed by atoms with Gasteiger partial charge in [-0.3, -0.25) is 9.69 Å². The molecule has 5 rings (SSSR count). The molecule has 0 radical (unpaired) electrons. The fourth-order valence-electron chi connectivity index (χ4n) is 6.56. The third-order valence-corrected chi connectivity index (χ3v) is 10.6. The van der Waals surface area contributed by atoms with Crippen molar-refractivity contribution in [1.82, 2.24) is 14.8 Å². The SMILES string of the molecule is C=CC(=O)Nc1ccc(C(O)Cn2c(C#N)cc3c(C)c(CN4CCC(NC(/N=C\C)=c5\cc(CC(F)(F)F)sc5=C(C)C)CC4)ccc32)cc1O. The molecule has 4 aromatic rings. The van der Waals surface area contributed by atoms with Gasteiger partial charge in [-0.05, 0) is 93.6 Å². The Morgan fingerprint density at radius 3 is 2.54 bits per heavy atom. The highest BCUT2D eigenvalue weighted by molar-refractivity contribution is 7.09. The Balaban J connectivity index is 1.29. The molecule has 0 aliphatic carbocycles. The van der Waals surface area contributed by atoms with E-state index in [2.05, 4.69) is 39.2 Å². The molecule has 0 bridgehead atoms. The number of aromatic hydroxyl groups is 1. The second-order valence-electron chi connectivity index (χ2n) is 13.2. The number of thiophene rings is 1. The topological polar surface area (TPSA) is 126 Å². The van der Waals surface area contributed by atoms with Crippen molar-refractivity contribution in [3.05, 3.63) is 92.1 Å². The number of nitrogens with zero attached hydrogens (tertiary/aromatic N) is 4. The fourth-order valence-corrected chi connectivity index (χ4v) is 7.71. The molecule has 3 heterocycles. The number of fused-ring (bicyclic) bond motifs is 1. The van der Waals surface area contributed by atoms with Crippen molar-refractivity contribution in [2.24, 2.45) is 4.99 Å². The van der Waals surface area contributed by atoms with Gasteiger partial charge in [0.1, 0.15) is 23.3 Å². The quantitative estimate of drug-likeness (QED) is 0.0833. The van der Waals surface area contributed by atoms with Crippen LogP contribution in [-0.2, 0) is 24.3 Å². The molecule has 274 valence electrons. The van der Waals surface area contributed by atoms with E-state index in [9.17, 15) is 33.4 Å². The monoisotopic (exact) mass is 732 g/mol. The molecule has 1 aliphatic rings. The number of hydrogen-bond acceptors (Lipinski definition) is 8. The van der Waals surface area contributed by atoms with Gasteiger partial charge in [0.15, 0.2) is 0 Å². The van der Waals surface area contributed by atoms with E-state index in [0.717, 1.165) is 64.1 Å². The number of rotatable bonds is 11. The molecule has 4 N–H and O–H groups in total. The van der Waals surface area contributed by atoms with Gasteiger partial charge in [0.25, 0.3) is 0 Å². The lowest BCUT2D eigenvalue weighted by Crippen LogP contribution is -2.43. The summed E-state index contributed by atoms with van der Waals surface area (Å²) in [6.07, 6.45) is -1.87. The van der Waals surface area contributed by atoms with Gasteiger partial charge >= 0.3 is 6.18 Å². The molecule has 9 nitrogen and oxygen atoms in total. The number of carbonyl (C=O) groups is 1. The third kappa shape index (κ3) is 8.93. The highest BCUT2D eigenvalue weighted by Crippen LogP contribution is 2.32. The highest BCUT2D eigenvalue weighted by atomic mass is 32.1. The Bertz CT molecular complexity index is 2170. The lowest BCUT2D eigenvalue weighted by Gasteiger charge is -2.33. The zero-order valence-electron chi connectivity index (χ0n) is 29.6. The lowest BCUT2D eigenvalue weighted by atomic mass is 10.0. The number of piperidine rings is 1. The van der Waals surface area contributed by atoms with Gasteiger partial charge in [0.05, 0.1) is 24.8 Å². The number of halogens is 3. The average Bonchev–Trinajstić information content (AvgIpc) is 3.68. The molecule has 2 aromatic carbocycles. The third-order valence-electron chi connectivity index (χ3n) is 9.23. The number of anilines is 1. The van der Waals surface area contributed by atoms with Crippen LogP contribution in [0.3, 0.4) is 0 Å². The fraction of sp³-hybridized carbons (Fsp3) is 0.359. The van der Waals surface area contributed by atoms with Crippen LogP contribution in [0.5, 0.6) is 5.75 Å². The van der Waals surface area contributed by atoms with Gasteiger partial charge in [-0.15, -0.1) is 11.3 Å². The smallest absolute Gasteiger partial charge is 0.393 e. The van der Waals surface area contributed by atoms with Gasteiger partial charge < -0.3 is 25.4 Å². The Morgan fingerprint density at radius 1 is 1.19 bits per heavy atom. The Hall–Kier alpha value is -4.90. The van der Waals surface area contributed by atoms with Crippen LogP contribution in [0.15, 0.2) is 60.1 Å². The van der Waals surface area contributed by atoms with E-state index < -0.39 is 24.6 Å². The van der Waals surface area contributed by atoms with Crippen molar-refractivity contribution in [2.45, 2.75) is 78.4 Å². The second kappa shape index (κ2) is 16.2. The number of aromatic nitrogens is 1. The van der Waals surface area contributed by atoms with E-state index >= 15 is 0 Å². The Kier molecular flexibility index (Phi) is 11.9. The molecule has 0 saturated carbocycles. The minimum Gasteiger partial charge on any atom is -0.506 e. The van der Waals surface area contributed by atoms with Crippen molar-refractivity contribution in [3.8, 4) is 11.8 Å².